The van der Waals surface area contributed by atoms with Crippen molar-refractivity contribution in [2.45, 2.75) is 40.2 Å². The minimum atomic E-state index is 0.224. The van der Waals surface area contributed by atoms with E-state index in [4.69, 9.17) is 12.2 Å². The Morgan fingerprint density at radius 1 is 1.00 bits per heavy atom. The van der Waals surface area contributed by atoms with Crippen LogP contribution in [-0.2, 0) is 0 Å². The normalized spacial score (nSPS) is 12.0. The van der Waals surface area contributed by atoms with Crippen molar-refractivity contribution < 1.29 is 0 Å². The molecule has 1 atom stereocenters. The Morgan fingerprint density at radius 2 is 1.61 bits per heavy atom. The largest absolute Gasteiger partial charge is 0.356 e. The third-order valence-corrected chi connectivity index (χ3v) is 3.91. The fourth-order valence-corrected chi connectivity index (χ4v) is 3.07. The molecule has 3 heteroatoms. The average molecular weight is 327 g/mol. The van der Waals surface area contributed by atoms with Gasteiger partial charge in [-0.15, -0.1) is 0 Å². The first-order valence-electron chi connectivity index (χ1n) is 8.15. The lowest BCUT2D eigenvalue weighted by Gasteiger charge is -2.23. The van der Waals surface area contributed by atoms with E-state index in [9.17, 15) is 0 Å². The maximum atomic E-state index is 5.53. The molecule has 0 spiro atoms. The van der Waals surface area contributed by atoms with Crippen molar-refractivity contribution in [2.24, 2.45) is 5.92 Å². The molecule has 0 saturated heterocycles. The highest BCUT2D eigenvalue weighted by molar-refractivity contribution is 7.80. The van der Waals surface area contributed by atoms with E-state index in [0.717, 1.165) is 12.1 Å². The van der Waals surface area contributed by atoms with Crippen LogP contribution < -0.4 is 10.6 Å². The van der Waals surface area contributed by atoms with E-state index < -0.39 is 0 Å². The van der Waals surface area contributed by atoms with Crippen LogP contribution in [0.2, 0.25) is 0 Å². The number of thiocarbonyl (C=S) groups is 1. The zero-order chi connectivity index (χ0) is 16.8. The summed E-state index contributed by atoms with van der Waals surface area (Å²) in [7, 11) is 0. The lowest BCUT2D eigenvalue weighted by molar-refractivity contribution is 0.481. The standard InChI is InChI=1S/C20H26N2S/c1-14(2)10-19(17-8-6-5-7-9-17)22-20(23)21-18-12-15(3)11-16(4)13-18/h5-9,11-14,19H,10H2,1-4H3,(H2,21,22,23)/t19-/m1/s1. The molecule has 0 radical (unpaired) electrons. The van der Waals surface area contributed by atoms with Gasteiger partial charge in [0.1, 0.15) is 0 Å². The molecular formula is C20H26N2S. The van der Waals surface area contributed by atoms with Gasteiger partial charge in [0.25, 0.3) is 0 Å². The molecule has 0 heterocycles. The molecule has 0 saturated carbocycles. The van der Waals surface area contributed by atoms with E-state index in [2.05, 4.69) is 80.8 Å². The average Bonchev–Trinajstić information content (AvgIpc) is 2.45. The van der Waals surface area contributed by atoms with Gasteiger partial charge in [0.2, 0.25) is 0 Å². The van der Waals surface area contributed by atoms with E-state index in [-0.39, 0.29) is 6.04 Å². The second-order valence-corrected chi connectivity index (χ2v) is 6.98. The summed E-state index contributed by atoms with van der Waals surface area (Å²) in [5.74, 6) is 0.594. The highest BCUT2D eigenvalue weighted by Crippen LogP contribution is 2.21. The predicted molar refractivity (Wildman–Crippen MR) is 104 cm³/mol. The zero-order valence-corrected chi connectivity index (χ0v) is 15.2. The molecule has 0 aromatic heterocycles. The second kappa shape index (κ2) is 8.11. The van der Waals surface area contributed by atoms with Crippen LogP contribution in [0.5, 0.6) is 0 Å². The van der Waals surface area contributed by atoms with Gasteiger partial charge in [-0.3, -0.25) is 0 Å². The minimum absolute atomic E-state index is 0.224. The van der Waals surface area contributed by atoms with Gasteiger partial charge in [-0.1, -0.05) is 50.2 Å². The molecule has 0 unspecified atom stereocenters. The number of anilines is 1. The Balaban J connectivity index is 2.08. The first-order chi connectivity index (χ1) is 10.9. The van der Waals surface area contributed by atoms with Gasteiger partial charge >= 0.3 is 0 Å². The van der Waals surface area contributed by atoms with Crippen LogP contribution in [0.25, 0.3) is 0 Å². The Bertz CT molecular complexity index is 630. The number of hydrogen-bond acceptors (Lipinski definition) is 1. The third-order valence-electron chi connectivity index (χ3n) is 3.69. The van der Waals surface area contributed by atoms with E-state index >= 15 is 0 Å². The van der Waals surface area contributed by atoms with E-state index in [1.165, 1.54) is 16.7 Å². The lowest BCUT2D eigenvalue weighted by atomic mass is 9.97. The molecule has 0 fully saturated rings. The Hall–Kier alpha value is -1.87. The molecule has 2 aromatic rings. The molecule has 0 bridgehead atoms. The summed E-state index contributed by atoms with van der Waals surface area (Å²) >= 11 is 5.53. The molecule has 2 N–H and O–H groups in total. The Kier molecular flexibility index (Phi) is 6.17. The monoisotopic (exact) mass is 326 g/mol. The molecule has 122 valence electrons. The van der Waals surface area contributed by atoms with Crippen molar-refractivity contribution in [3.63, 3.8) is 0 Å². The number of nitrogens with one attached hydrogen (secondary N) is 2. The van der Waals surface area contributed by atoms with Gasteiger partial charge < -0.3 is 10.6 Å². The van der Waals surface area contributed by atoms with Crippen molar-refractivity contribution in [2.75, 3.05) is 5.32 Å². The maximum Gasteiger partial charge on any atom is 0.171 e. The first kappa shape index (κ1) is 17.5. The predicted octanol–water partition coefficient (Wildman–Crippen LogP) is 5.38. The molecule has 2 aromatic carbocycles. The van der Waals surface area contributed by atoms with Gasteiger partial charge in [0.15, 0.2) is 5.11 Å². The van der Waals surface area contributed by atoms with Crippen LogP contribution in [0, 0.1) is 19.8 Å². The topological polar surface area (TPSA) is 24.1 Å². The van der Waals surface area contributed by atoms with E-state index in [1.807, 2.05) is 6.07 Å². The van der Waals surface area contributed by atoms with Crippen LogP contribution in [-0.4, -0.2) is 5.11 Å². The Morgan fingerprint density at radius 3 is 2.17 bits per heavy atom. The summed E-state index contributed by atoms with van der Waals surface area (Å²) in [5, 5.41) is 7.46. The van der Waals surface area contributed by atoms with Gasteiger partial charge in [-0.2, -0.15) is 0 Å². The summed E-state index contributed by atoms with van der Waals surface area (Å²) in [6.07, 6.45) is 1.04. The summed E-state index contributed by atoms with van der Waals surface area (Å²) in [4.78, 5) is 0. The van der Waals surface area contributed by atoms with Crippen molar-refractivity contribution in [3.05, 3.63) is 65.2 Å². The third kappa shape index (κ3) is 5.68. The van der Waals surface area contributed by atoms with Gasteiger partial charge in [0.05, 0.1) is 6.04 Å². The van der Waals surface area contributed by atoms with Crippen molar-refractivity contribution >= 4 is 23.0 Å². The fraction of sp³-hybridized carbons (Fsp3) is 0.350. The molecule has 0 aliphatic carbocycles. The van der Waals surface area contributed by atoms with Crippen molar-refractivity contribution in [1.29, 1.82) is 0 Å². The van der Waals surface area contributed by atoms with Crippen LogP contribution in [0.4, 0.5) is 5.69 Å². The van der Waals surface area contributed by atoms with Crippen LogP contribution in [0.3, 0.4) is 0 Å². The SMILES string of the molecule is Cc1cc(C)cc(NC(=S)N[C@H](CC(C)C)c2ccccc2)c1. The smallest absolute Gasteiger partial charge is 0.171 e. The quantitative estimate of drug-likeness (QED) is 0.722. The number of rotatable bonds is 5. The van der Waals surface area contributed by atoms with E-state index in [0.29, 0.717) is 11.0 Å². The summed E-state index contributed by atoms with van der Waals surface area (Å²) in [6, 6.07) is 17.1. The molecule has 23 heavy (non-hydrogen) atoms. The second-order valence-electron chi connectivity index (χ2n) is 6.57. The molecule has 0 amide bonds. The Labute approximate surface area is 145 Å². The van der Waals surface area contributed by atoms with Crippen LogP contribution in [0.1, 0.15) is 43.0 Å². The number of benzene rings is 2. The zero-order valence-electron chi connectivity index (χ0n) is 14.4. The molecular weight excluding hydrogens is 300 g/mol. The number of hydrogen-bond donors (Lipinski definition) is 2. The van der Waals surface area contributed by atoms with Crippen LogP contribution in [0.15, 0.2) is 48.5 Å². The molecule has 2 nitrogen and oxygen atoms in total. The summed E-state index contributed by atoms with van der Waals surface area (Å²) < 4.78 is 0. The molecule has 0 aliphatic heterocycles. The highest BCUT2D eigenvalue weighted by Gasteiger charge is 2.14. The summed E-state index contributed by atoms with van der Waals surface area (Å²) in [5.41, 5.74) is 4.77. The van der Waals surface area contributed by atoms with Gasteiger partial charge in [-0.05, 0) is 67.2 Å². The fourth-order valence-electron chi connectivity index (χ4n) is 2.81. The van der Waals surface area contributed by atoms with Crippen molar-refractivity contribution in [3.8, 4) is 0 Å². The van der Waals surface area contributed by atoms with Crippen molar-refractivity contribution in [1.82, 2.24) is 5.32 Å². The number of aryl methyl sites for hydroxylation is 2. The lowest BCUT2D eigenvalue weighted by Crippen LogP contribution is -2.33. The first-order valence-corrected chi connectivity index (χ1v) is 8.55. The highest BCUT2D eigenvalue weighted by atomic mass is 32.1. The van der Waals surface area contributed by atoms with Gasteiger partial charge in [-0.25, -0.2) is 0 Å². The van der Waals surface area contributed by atoms with E-state index in [1.54, 1.807) is 0 Å². The minimum Gasteiger partial charge on any atom is -0.356 e. The molecule has 2 rings (SSSR count). The maximum absolute atomic E-state index is 5.53. The summed E-state index contributed by atoms with van der Waals surface area (Å²) in [6.45, 7) is 8.66. The van der Waals surface area contributed by atoms with Crippen LogP contribution >= 0.6 is 12.2 Å². The van der Waals surface area contributed by atoms with Gasteiger partial charge in [0, 0.05) is 5.69 Å². The molecule has 0 aliphatic rings.